The van der Waals surface area contributed by atoms with E-state index in [1.165, 1.54) is 0 Å². The Labute approximate surface area is 128 Å². The van der Waals surface area contributed by atoms with Crippen LogP contribution in [-0.2, 0) is 25.6 Å². The van der Waals surface area contributed by atoms with E-state index in [1.54, 1.807) is 0 Å². The van der Waals surface area contributed by atoms with E-state index in [0.29, 0.717) is 19.8 Å². The van der Waals surface area contributed by atoms with Gasteiger partial charge in [0.1, 0.15) is 12.6 Å². The standard InChI is InChI=1S/C15H19NO6/c17-14(18)13(8-12-10-20-6-7-21-12)16-15(19)22-9-11-4-2-1-3-5-11/h1-5,12-13H,6-10H2,(H,16,19)(H,17,18). The van der Waals surface area contributed by atoms with Gasteiger partial charge in [0.25, 0.3) is 0 Å². The number of nitrogens with one attached hydrogen (secondary N) is 1. The fourth-order valence-corrected chi connectivity index (χ4v) is 2.06. The number of rotatable bonds is 6. The van der Waals surface area contributed by atoms with Crippen LogP contribution in [0.25, 0.3) is 0 Å². The molecule has 2 unspecified atom stereocenters. The van der Waals surface area contributed by atoms with Crippen molar-refractivity contribution in [3.63, 3.8) is 0 Å². The topological polar surface area (TPSA) is 94.1 Å². The predicted octanol–water partition coefficient (Wildman–Crippen LogP) is 1.17. The third kappa shape index (κ3) is 5.34. The average molecular weight is 309 g/mol. The number of hydrogen-bond donors (Lipinski definition) is 2. The van der Waals surface area contributed by atoms with Crippen molar-refractivity contribution in [2.75, 3.05) is 19.8 Å². The molecule has 2 atom stereocenters. The summed E-state index contributed by atoms with van der Waals surface area (Å²) < 4.78 is 15.6. The molecule has 2 N–H and O–H groups in total. The molecule has 1 aromatic carbocycles. The van der Waals surface area contributed by atoms with Gasteiger partial charge in [0.05, 0.1) is 25.9 Å². The zero-order valence-electron chi connectivity index (χ0n) is 12.1. The Balaban J connectivity index is 1.79. The van der Waals surface area contributed by atoms with Crippen molar-refractivity contribution < 1.29 is 28.9 Å². The maximum absolute atomic E-state index is 11.7. The van der Waals surface area contributed by atoms with Gasteiger partial charge in [0.15, 0.2) is 0 Å². The molecule has 7 nitrogen and oxygen atoms in total. The lowest BCUT2D eigenvalue weighted by atomic mass is 10.1. The van der Waals surface area contributed by atoms with Crippen LogP contribution < -0.4 is 5.32 Å². The van der Waals surface area contributed by atoms with Crippen LogP contribution in [0.4, 0.5) is 4.79 Å². The molecule has 1 aromatic rings. The van der Waals surface area contributed by atoms with E-state index in [-0.39, 0.29) is 19.1 Å². The minimum Gasteiger partial charge on any atom is -0.480 e. The highest BCUT2D eigenvalue weighted by Gasteiger charge is 2.26. The molecule has 1 saturated heterocycles. The van der Waals surface area contributed by atoms with Crippen LogP contribution in [0.1, 0.15) is 12.0 Å². The monoisotopic (exact) mass is 309 g/mol. The van der Waals surface area contributed by atoms with Crippen molar-refractivity contribution in [3.05, 3.63) is 35.9 Å². The summed E-state index contributed by atoms with van der Waals surface area (Å²) in [6.45, 7) is 1.34. The van der Waals surface area contributed by atoms with Crippen molar-refractivity contribution in [2.24, 2.45) is 0 Å². The molecule has 1 amide bonds. The zero-order valence-corrected chi connectivity index (χ0v) is 12.1. The summed E-state index contributed by atoms with van der Waals surface area (Å²) in [4.78, 5) is 22.9. The molecule has 1 aliphatic rings. The third-order valence-corrected chi connectivity index (χ3v) is 3.19. The summed E-state index contributed by atoms with van der Waals surface area (Å²) in [5, 5.41) is 11.5. The van der Waals surface area contributed by atoms with Crippen LogP contribution in [0.3, 0.4) is 0 Å². The maximum atomic E-state index is 11.7. The number of carboxylic acid groups (broad SMARTS) is 1. The number of benzene rings is 1. The van der Waals surface area contributed by atoms with Crippen LogP contribution >= 0.6 is 0 Å². The molecule has 0 bridgehead atoms. The maximum Gasteiger partial charge on any atom is 0.408 e. The van der Waals surface area contributed by atoms with Gasteiger partial charge in [-0.15, -0.1) is 0 Å². The number of carbonyl (C=O) groups is 2. The smallest absolute Gasteiger partial charge is 0.408 e. The van der Waals surface area contributed by atoms with Gasteiger partial charge in [-0.3, -0.25) is 0 Å². The molecule has 0 aromatic heterocycles. The highest BCUT2D eigenvalue weighted by atomic mass is 16.6. The molecule has 1 fully saturated rings. The van der Waals surface area contributed by atoms with Gasteiger partial charge in [-0.2, -0.15) is 0 Å². The van der Waals surface area contributed by atoms with Crippen molar-refractivity contribution in [1.29, 1.82) is 0 Å². The Bertz CT molecular complexity index is 486. The molecule has 0 radical (unpaired) electrons. The SMILES string of the molecule is O=C(NC(CC1COCCO1)C(=O)O)OCc1ccccc1. The zero-order chi connectivity index (χ0) is 15.8. The summed E-state index contributed by atoms with van der Waals surface area (Å²) in [5.41, 5.74) is 0.827. The lowest BCUT2D eigenvalue weighted by molar-refractivity contribution is -0.142. The molecular formula is C15H19NO6. The quantitative estimate of drug-likeness (QED) is 0.819. The second-order valence-corrected chi connectivity index (χ2v) is 4.90. The molecule has 0 aliphatic carbocycles. The summed E-state index contributed by atoms with van der Waals surface area (Å²) in [7, 11) is 0. The molecule has 2 rings (SSSR count). The van der Waals surface area contributed by atoms with Gasteiger partial charge < -0.3 is 24.6 Å². The van der Waals surface area contributed by atoms with Crippen LogP contribution in [0, 0.1) is 0 Å². The fourth-order valence-electron chi connectivity index (χ4n) is 2.06. The Hall–Kier alpha value is -2.12. The van der Waals surface area contributed by atoms with E-state index < -0.39 is 18.1 Å². The van der Waals surface area contributed by atoms with Gasteiger partial charge in [-0.25, -0.2) is 9.59 Å². The van der Waals surface area contributed by atoms with E-state index in [0.717, 1.165) is 5.56 Å². The number of ether oxygens (including phenoxy) is 3. The van der Waals surface area contributed by atoms with Crippen LogP contribution in [-0.4, -0.2) is 49.1 Å². The first-order valence-electron chi connectivity index (χ1n) is 7.04. The highest BCUT2D eigenvalue weighted by Crippen LogP contribution is 2.09. The highest BCUT2D eigenvalue weighted by molar-refractivity contribution is 5.79. The fraction of sp³-hybridized carbons (Fsp3) is 0.467. The average Bonchev–Trinajstić information content (AvgIpc) is 2.54. The number of aliphatic carboxylic acids is 1. The summed E-state index contributed by atoms with van der Waals surface area (Å²) in [6, 6.07) is 8.07. The van der Waals surface area contributed by atoms with Crippen LogP contribution in [0.15, 0.2) is 30.3 Å². The molecule has 1 heterocycles. The first-order valence-corrected chi connectivity index (χ1v) is 7.04. The number of amides is 1. The Morgan fingerprint density at radius 3 is 2.73 bits per heavy atom. The van der Waals surface area contributed by atoms with Gasteiger partial charge in [-0.05, 0) is 5.56 Å². The number of hydrogen-bond acceptors (Lipinski definition) is 5. The summed E-state index contributed by atoms with van der Waals surface area (Å²) in [6.07, 6.45) is -0.979. The summed E-state index contributed by atoms with van der Waals surface area (Å²) in [5.74, 6) is -1.13. The van der Waals surface area contributed by atoms with E-state index in [2.05, 4.69) is 5.32 Å². The number of carbonyl (C=O) groups excluding carboxylic acids is 1. The largest absolute Gasteiger partial charge is 0.480 e. The molecule has 1 aliphatic heterocycles. The molecule has 22 heavy (non-hydrogen) atoms. The van der Waals surface area contributed by atoms with E-state index in [9.17, 15) is 14.7 Å². The van der Waals surface area contributed by atoms with Crippen molar-refractivity contribution in [1.82, 2.24) is 5.32 Å². The van der Waals surface area contributed by atoms with Crippen molar-refractivity contribution in [3.8, 4) is 0 Å². The first-order chi connectivity index (χ1) is 10.6. The number of carboxylic acids is 1. The minimum absolute atomic E-state index is 0.0854. The molecule has 7 heteroatoms. The predicted molar refractivity (Wildman–Crippen MR) is 76.4 cm³/mol. The minimum atomic E-state index is -1.13. The second kappa shape index (κ2) is 8.35. The lowest BCUT2D eigenvalue weighted by Crippen LogP contribution is -2.45. The van der Waals surface area contributed by atoms with Gasteiger partial charge in [-0.1, -0.05) is 30.3 Å². The summed E-state index contributed by atoms with van der Waals surface area (Å²) >= 11 is 0. The Morgan fingerprint density at radius 1 is 1.32 bits per heavy atom. The molecular weight excluding hydrogens is 290 g/mol. The van der Waals surface area contributed by atoms with Crippen LogP contribution in [0.2, 0.25) is 0 Å². The second-order valence-electron chi connectivity index (χ2n) is 4.90. The number of alkyl carbamates (subject to hydrolysis) is 1. The van der Waals surface area contributed by atoms with E-state index in [4.69, 9.17) is 14.2 Å². The van der Waals surface area contributed by atoms with E-state index in [1.807, 2.05) is 30.3 Å². The Morgan fingerprint density at radius 2 is 2.09 bits per heavy atom. The van der Waals surface area contributed by atoms with Crippen LogP contribution in [0.5, 0.6) is 0 Å². The Kier molecular flexibility index (Phi) is 6.17. The van der Waals surface area contributed by atoms with Gasteiger partial charge in [0.2, 0.25) is 0 Å². The van der Waals surface area contributed by atoms with Crippen molar-refractivity contribution in [2.45, 2.75) is 25.2 Å². The molecule has 120 valence electrons. The lowest BCUT2D eigenvalue weighted by Gasteiger charge is -2.25. The van der Waals surface area contributed by atoms with Gasteiger partial charge in [0, 0.05) is 6.42 Å². The molecule has 0 saturated carbocycles. The van der Waals surface area contributed by atoms with Crippen molar-refractivity contribution >= 4 is 12.1 Å². The normalized spacial score (nSPS) is 19.2. The van der Waals surface area contributed by atoms with E-state index >= 15 is 0 Å². The molecule has 0 spiro atoms. The van der Waals surface area contributed by atoms with Gasteiger partial charge >= 0.3 is 12.1 Å². The first kappa shape index (κ1) is 16.3. The third-order valence-electron chi connectivity index (χ3n) is 3.19.